The quantitative estimate of drug-likeness (QED) is 0.353. The fourth-order valence-electron chi connectivity index (χ4n) is 6.45. The van der Waals surface area contributed by atoms with E-state index in [2.05, 4.69) is 75.9 Å². The third kappa shape index (κ3) is 5.57. The SMILES string of the molecule is [C-]#[N+]CC1CN(c2nc(OC[C@H]3CCC(C)N3)nc3c2CCN(c2cccc4ccccc24)C3)CCN1C(=O)C=C. The van der Waals surface area contributed by atoms with E-state index in [1.165, 1.54) is 22.5 Å². The summed E-state index contributed by atoms with van der Waals surface area (Å²) >= 11 is 0. The number of carbonyl (C=O) groups excluding carboxylic acids is 1. The molecule has 0 saturated carbocycles. The fraction of sp³-hybridized carbons (Fsp3) is 0.438. The molecule has 41 heavy (non-hydrogen) atoms. The smallest absolute Gasteiger partial charge is 0.318 e. The zero-order valence-corrected chi connectivity index (χ0v) is 23.6. The summed E-state index contributed by atoms with van der Waals surface area (Å²) in [6, 6.07) is 15.9. The van der Waals surface area contributed by atoms with Crippen molar-refractivity contribution in [3.05, 3.63) is 77.8 Å². The maximum absolute atomic E-state index is 12.5. The van der Waals surface area contributed by atoms with Crippen molar-refractivity contribution in [1.29, 1.82) is 0 Å². The van der Waals surface area contributed by atoms with E-state index in [1.54, 1.807) is 4.90 Å². The summed E-state index contributed by atoms with van der Waals surface area (Å²) in [6.45, 7) is 17.3. The number of ether oxygens (including phenoxy) is 1. The first-order chi connectivity index (χ1) is 20.0. The van der Waals surface area contributed by atoms with E-state index < -0.39 is 0 Å². The van der Waals surface area contributed by atoms with Crippen molar-refractivity contribution in [2.24, 2.45) is 0 Å². The molecule has 9 heteroatoms. The highest BCUT2D eigenvalue weighted by Crippen LogP contribution is 2.34. The molecule has 2 unspecified atom stereocenters. The summed E-state index contributed by atoms with van der Waals surface area (Å²) in [5, 5.41) is 6.03. The Morgan fingerprint density at radius 2 is 2.00 bits per heavy atom. The highest BCUT2D eigenvalue weighted by molar-refractivity contribution is 5.94. The minimum Gasteiger partial charge on any atom is -0.462 e. The molecule has 9 nitrogen and oxygen atoms in total. The van der Waals surface area contributed by atoms with E-state index in [0.717, 1.165) is 42.9 Å². The van der Waals surface area contributed by atoms with Crippen molar-refractivity contribution in [3.8, 4) is 6.01 Å². The lowest BCUT2D eigenvalue weighted by atomic mass is 10.0. The fourth-order valence-corrected chi connectivity index (χ4v) is 6.45. The molecule has 212 valence electrons. The van der Waals surface area contributed by atoms with Crippen molar-refractivity contribution in [2.45, 2.75) is 50.9 Å². The Kier molecular flexibility index (Phi) is 7.75. The second kappa shape index (κ2) is 11.8. The number of amides is 1. The third-order valence-electron chi connectivity index (χ3n) is 8.55. The van der Waals surface area contributed by atoms with Crippen LogP contribution >= 0.6 is 0 Å². The first kappa shape index (κ1) is 27.0. The molecule has 3 aliphatic rings. The molecular weight excluding hydrogens is 514 g/mol. The molecule has 2 aromatic carbocycles. The van der Waals surface area contributed by atoms with Crippen LogP contribution in [0.15, 0.2) is 55.1 Å². The van der Waals surface area contributed by atoms with Gasteiger partial charge in [0.1, 0.15) is 18.5 Å². The Labute approximate surface area is 241 Å². The van der Waals surface area contributed by atoms with Gasteiger partial charge in [-0.25, -0.2) is 6.57 Å². The molecule has 1 aromatic heterocycles. The van der Waals surface area contributed by atoms with Crippen LogP contribution in [0, 0.1) is 6.57 Å². The average molecular weight is 552 g/mol. The number of piperazine rings is 1. The van der Waals surface area contributed by atoms with E-state index in [0.29, 0.717) is 44.8 Å². The zero-order chi connectivity index (χ0) is 28.3. The summed E-state index contributed by atoms with van der Waals surface area (Å²) in [6.07, 6.45) is 4.35. The zero-order valence-electron chi connectivity index (χ0n) is 23.6. The number of carbonyl (C=O) groups is 1. The lowest BCUT2D eigenvalue weighted by Crippen LogP contribution is -2.56. The van der Waals surface area contributed by atoms with E-state index in [1.807, 2.05) is 0 Å². The second-order valence-electron chi connectivity index (χ2n) is 11.3. The lowest BCUT2D eigenvalue weighted by Gasteiger charge is -2.41. The van der Waals surface area contributed by atoms with Crippen molar-refractivity contribution in [2.75, 3.05) is 49.1 Å². The Hall–Kier alpha value is -4.16. The molecule has 1 amide bonds. The van der Waals surface area contributed by atoms with Crippen molar-refractivity contribution < 1.29 is 9.53 Å². The van der Waals surface area contributed by atoms with Crippen molar-refractivity contribution in [1.82, 2.24) is 20.2 Å². The normalized spacial score (nSPS) is 22.3. The van der Waals surface area contributed by atoms with Crippen LogP contribution in [0.2, 0.25) is 0 Å². The summed E-state index contributed by atoms with van der Waals surface area (Å²) < 4.78 is 6.24. The number of hydrogen-bond donors (Lipinski definition) is 1. The molecule has 3 atom stereocenters. The molecule has 4 heterocycles. The molecule has 0 bridgehead atoms. The molecule has 3 aromatic rings. The van der Waals surface area contributed by atoms with Crippen LogP contribution in [-0.4, -0.2) is 78.2 Å². The summed E-state index contributed by atoms with van der Waals surface area (Å²) in [7, 11) is 0. The second-order valence-corrected chi connectivity index (χ2v) is 11.3. The van der Waals surface area contributed by atoms with Gasteiger partial charge in [0.15, 0.2) is 0 Å². The van der Waals surface area contributed by atoms with E-state index >= 15 is 0 Å². The lowest BCUT2D eigenvalue weighted by molar-refractivity contribution is -0.128. The van der Waals surface area contributed by atoms with E-state index in [9.17, 15) is 4.79 Å². The summed E-state index contributed by atoms with van der Waals surface area (Å²) in [5.74, 6) is 0.743. The van der Waals surface area contributed by atoms with Crippen LogP contribution in [0.25, 0.3) is 15.6 Å². The van der Waals surface area contributed by atoms with Crippen LogP contribution in [0.3, 0.4) is 0 Å². The molecule has 1 N–H and O–H groups in total. The number of rotatable bonds is 7. The van der Waals surface area contributed by atoms with Gasteiger partial charge in [-0.15, -0.1) is 0 Å². The third-order valence-corrected chi connectivity index (χ3v) is 8.55. The summed E-state index contributed by atoms with van der Waals surface area (Å²) in [5.41, 5.74) is 3.31. The Bertz CT molecular complexity index is 1480. The van der Waals surface area contributed by atoms with Gasteiger partial charge in [-0.05, 0) is 43.7 Å². The number of nitrogens with one attached hydrogen (secondary N) is 1. The van der Waals surface area contributed by atoms with Crippen LogP contribution in [-0.2, 0) is 17.8 Å². The molecule has 6 rings (SSSR count). The topological polar surface area (TPSA) is 78.2 Å². The molecule has 0 aliphatic carbocycles. The minimum absolute atomic E-state index is 0.129. The van der Waals surface area contributed by atoms with Gasteiger partial charge in [-0.1, -0.05) is 43.0 Å². The minimum atomic E-state index is -0.221. The maximum atomic E-state index is 12.5. The Morgan fingerprint density at radius 1 is 1.15 bits per heavy atom. The van der Waals surface area contributed by atoms with Gasteiger partial charge in [-0.2, -0.15) is 9.97 Å². The van der Waals surface area contributed by atoms with Crippen LogP contribution < -0.4 is 19.9 Å². The Morgan fingerprint density at radius 3 is 2.80 bits per heavy atom. The van der Waals surface area contributed by atoms with Crippen LogP contribution in [0.1, 0.15) is 31.0 Å². The van der Waals surface area contributed by atoms with Gasteiger partial charge >= 0.3 is 6.01 Å². The van der Waals surface area contributed by atoms with E-state index in [4.69, 9.17) is 21.3 Å². The Balaban J connectivity index is 1.32. The maximum Gasteiger partial charge on any atom is 0.318 e. The van der Waals surface area contributed by atoms with Crippen molar-refractivity contribution >= 4 is 28.2 Å². The largest absolute Gasteiger partial charge is 0.462 e. The van der Waals surface area contributed by atoms with Gasteiger partial charge in [0.25, 0.3) is 0 Å². The highest BCUT2D eigenvalue weighted by atomic mass is 16.5. The van der Waals surface area contributed by atoms with Gasteiger partial charge in [0, 0.05) is 54.9 Å². The van der Waals surface area contributed by atoms with E-state index in [-0.39, 0.29) is 24.5 Å². The number of nitrogens with zero attached hydrogens (tertiary/aromatic N) is 6. The summed E-state index contributed by atoms with van der Waals surface area (Å²) in [4.78, 5) is 32.5. The van der Waals surface area contributed by atoms with Gasteiger partial charge in [-0.3, -0.25) is 4.79 Å². The first-order valence-electron chi connectivity index (χ1n) is 14.6. The number of anilines is 2. The molecular formula is C32H37N7O2. The van der Waals surface area contributed by atoms with Crippen LogP contribution in [0.4, 0.5) is 11.5 Å². The van der Waals surface area contributed by atoms with Gasteiger partial charge < -0.3 is 29.6 Å². The number of aromatic nitrogens is 2. The molecule has 3 aliphatic heterocycles. The molecule has 2 saturated heterocycles. The standard InChI is InChI=1S/C32H37N7O2/c1-4-30(40)39-17-16-38(19-25(39)18-33-3)31-27-14-15-37(29-11-7-9-23-8-5-6-10-26(23)29)20-28(27)35-32(36-31)41-21-24-13-12-22(2)34-24/h4-11,22,24-25,34H,1,12-21H2,2H3/t22?,24-,25?/m1/s1. The van der Waals surface area contributed by atoms with Gasteiger partial charge in [0.2, 0.25) is 12.5 Å². The number of benzene rings is 2. The van der Waals surface area contributed by atoms with Crippen LogP contribution in [0.5, 0.6) is 6.01 Å². The molecule has 0 spiro atoms. The first-order valence-corrected chi connectivity index (χ1v) is 14.6. The number of fused-ring (bicyclic) bond motifs is 2. The van der Waals surface area contributed by atoms with Crippen molar-refractivity contribution in [3.63, 3.8) is 0 Å². The molecule has 0 radical (unpaired) electrons. The number of hydrogen-bond acceptors (Lipinski definition) is 7. The predicted octanol–water partition coefficient (Wildman–Crippen LogP) is 3.83. The predicted molar refractivity (Wildman–Crippen MR) is 161 cm³/mol. The highest BCUT2D eigenvalue weighted by Gasteiger charge is 2.35. The monoisotopic (exact) mass is 551 g/mol. The van der Waals surface area contributed by atoms with Gasteiger partial charge in [0.05, 0.1) is 12.2 Å². The average Bonchev–Trinajstić information content (AvgIpc) is 3.43. The molecule has 2 fully saturated rings.